The van der Waals surface area contributed by atoms with Crippen LogP contribution in [-0.4, -0.2) is 10.9 Å². The number of carbonyl (C=O) groups excluding carboxylic acids is 1. The number of fused-ring (bicyclic) bond motifs is 5. The summed E-state index contributed by atoms with van der Waals surface area (Å²) in [6.45, 7) is 16.4. The minimum Gasteiger partial charge on any atom is -0.504 e. The molecule has 0 aromatic heterocycles. The second kappa shape index (κ2) is 6.46. The third-order valence-corrected chi connectivity index (χ3v) is 9.06. The lowest BCUT2D eigenvalue weighted by molar-refractivity contribution is -0.113. The molecule has 4 atom stereocenters. The van der Waals surface area contributed by atoms with E-state index in [0.717, 1.165) is 35.0 Å². The predicted octanol–water partition coefficient (Wildman–Crippen LogP) is 7.10. The number of hydrogen-bond donors (Lipinski definition) is 1. The molecule has 29 heavy (non-hydrogen) atoms. The molecule has 2 fully saturated rings. The van der Waals surface area contributed by atoms with Gasteiger partial charge in [0.15, 0.2) is 5.76 Å². The lowest BCUT2D eigenvalue weighted by Gasteiger charge is -2.62. The van der Waals surface area contributed by atoms with Gasteiger partial charge in [0.25, 0.3) is 0 Å². The van der Waals surface area contributed by atoms with Crippen LogP contribution >= 0.6 is 0 Å². The Bertz CT molecular complexity index is 878. The third-order valence-electron chi connectivity index (χ3n) is 9.06. The van der Waals surface area contributed by atoms with Crippen LogP contribution in [0, 0.1) is 34.0 Å². The Morgan fingerprint density at radius 3 is 2.45 bits per heavy atom. The summed E-state index contributed by atoms with van der Waals surface area (Å²) in [5.41, 5.74) is 4.94. The largest absolute Gasteiger partial charge is 0.504 e. The molecule has 0 aromatic rings. The van der Waals surface area contributed by atoms with E-state index in [1.54, 1.807) is 6.08 Å². The topological polar surface area (TPSA) is 37.3 Å². The first-order valence-electron chi connectivity index (χ1n) is 11.5. The van der Waals surface area contributed by atoms with E-state index in [9.17, 15) is 9.90 Å². The van der Waals surface area contributed by atoms with Crippen molar-refractivity contribution in [2.45, 2.75) is 80.6 Å². The predicted molar refractivity (Wildman–Crippen MR) is 119 cm³/mol. The maximum absolute atomic E-state index is 12.5. The smallest absolute Gasteiger partial charge is 0.220 e. The maximum atomic E-state index is 12.5. The van der Waals surface area contributed by atoms with Gasteiger partial charge in [-0.1, -0.05) is 59.3 Å². The van der Waals surface area contributed by atoms with E-state index >= 15 is 0 Å². The van der Waals surface area contributed by atoms with Crippen LogP contribution in [0.5, 0.6) is 0 Å². The van der Waals surface area contributed by atoms with E-state index < -0.39 is 0 Å². The van der Waals surface area contributed by atoms with Crippen LogP contribution < -0.4 is 0 Å². The lowest BCUT2D eigenvalue weighted by Crippen LogP contribution is -2.53. The summed E-state index contributed by atoms with van der Waals surface area (Å²) in [4.78, 5) is 12.5. The van der Waals surface area contributed by atoms with Gasteiger partial charge in [-0.3, -0.25) is 4.79 Å². The van der Waals surface area contributed by atoms with E-state index in [0.29, 0.717) is 11.3 Å². The summed E-state index contributed by atoms with van der Waals surface area (Å²) >= 11 is 0. The van der Waals surface area contributed by atoms with E-state index in [1.807, 2.05) is 6.92 Å². The highest BCUT2D eigenvalue weighted by molar-refractivity contribution is 6.06. The van der Waals surface area contributed by atoms with Crippen molar-refractivity contribution in [3.05, 3.63) is 46.3 Å². The second-order valence-electron chi connectivity index (χ2n) is 11.7. The van der Waals surface area contributed by atoms with Crippen molar-refractivity contribution in [3.63, 3.8) is 0 Å². The minimum absolute atomic E-state index is 0.0863. The first kappa shape index (κ1) is 20.7. The Morgan fingerprint density at radius 2 is 1.79 bits per heavy atom. The average molecular weight is 395 g/mol. The Balaban J connectivity index is 1.82. The van der Waals surface area contributed by atoms with Gasteiger partial charge in [-0.05, 0) is 84.8 Å². The highest BCUT2D eigenvalue weighted by atomic mass is 16.3. The molecule has 0 amide bonds. The molecule has 2 heteroatoms. The van der Waals surface area contributed by atoms with Crippen molar-refractivity contribution in [1.29, 1.82) is 0 Å². The molecule has 4 aliphatic rings. The van der Waals surface area contributed by atoms with E-state index in [1.165, 1.54) is 31.3 Å². The molecule has 0 aromatic carbocycles. The van der Waals surface area contributed by atoms with Crippen LogP contribution in [0.15, 0.2) is 46.3 Å². The van der Waals surface area contributed by atoms with Crippen molar-refractivity contribution in [2.75, 3.05) is 0 Å². The SMILES string of the molecule is CC1=C(O)C(=O)C=C2C1=CC=C1C2(C)CCC2C(CC(C)C)C(C)(C)CCC12C. The first-order chi connectivity index (χ1) is 13.4. The molecule has 0 bridgehead atoms. The first-order valence-corrected chi connectivity index (χ1v) is 11.5. The third kappa shape index (κ3) is 2.85. The van der Waals surface area contributed by atoms with Gasteiger partial charge < -0.3 is 5.11 Å². The van der Waals surface area contributed by atoms with Gasteiger partial charge in [-0.2, -0.15) is 0 Å². The molecule has 4 unspecified atom stereocenters. The molecule has 0 spiro atoms. The molecule has 0 radical (unpaired) electrons. The van der Waals surface area contributed by atoms with Gasteiger partial charge in [-0.25, -0.2) is 0 Å². The van der Waals surface area contributed by atoms with Gasteiger partial charge >= 0.3 is 0 Å². The normalized spacial score (nSPS) is 38.6. The van der Waals surface area contributed by atoms with Gasteiger partial charge in [0, 0.05) is 11.0 Å². The van der Waals surface area contributed by atoms with Crippen molar-refractivity contribution in [3.8, 4) is 0 Å². The van der Waals surface area contributed by atoms with Gasteiger partial charge in [0.1, 0.15) is 0 Å². The van der Waals surface area contributed by atoms with E-state index in [4.69, 9.17) is 0 Å². The molecular formula is C27H38O2. The van der Waals surface area contributed by atoms with E-state index in [-0.39, 0.29) is 22.4 Å². The zero-order valence-electron chi connectivity index (χ0n) is 19.4. The van der Waals surface area contributed by atoms with Crippen LogP contribution in [0.3, 0.4) is 0 Å². The number of aliphatic hydroxyl groups is 1. The number of rotatable bonds is 2. The minimum atomic E-state index is -0.230. The van der Waals surface area contributed by atoms with Gasteiger partial charge in [-0.15, -0.1) is 0 Å². The molecule has 2 nitrogen and oxygen atoms in total. The Morgan fingerprint density at radius 1 is 1.10 bits per heavy atom. The lowest BCUT2D eigenvalue weighted by atomic mass is 9.42. The molecule has 2 saturated carbocycles. The van der Waals surface area contributed by atoms with Crippen molar-refractivity contribution in [1.82, 2.24) is 0 Å². The highest BCUT2D eigenvalue weighted by Crippen LogP contribution is 2.68. The zero-order valence-corrected chi connectivity index (χ0v) is 19.4. The number of aliphatic hydroxyl groups excluding tert-OH is 1. The maximum Gasteiger partial charge on any atom is 0.220 e. The summed E-state index contributed by atoms with van der Waals surface area (Å²) in [6.07, 6.45) is 12.4. The van der Waals surface area contributed by atoms with Crippen molar-refractivity contribution >= 4 is 5.78 Å². The summed E-state index contributed by atoms with van der Waals surface area (Å²) in [5.74, 6) is 1.84. The molecule has 4 rings (SSSR count). The standard InChI is InChI=1S/C27H38O2/c1-16(2)14-21-19-10-11-26(6)20-15-22(28)24(29)17(3)18(20)8-9-23(26)27(19,7)13-12-25(21,4)5/h8-9,15-16,19,21,29H,10-14H2,1-7H3. The van der Waals surface area contributed by atoms with Gasteiger partial charge in [0.2, 0.25) is 5.78 Å². The monoisotopic (exact) mass is 394 g/mol. The Hall–Kier alpha value is -1.57. The molecule has 0 saturated heterocycles. The van der Waals surface area contributed by atoms with Crippen molar-refractivity contribution in [2.24, 2.45) is 34.0 Å². The fourth-order valence-electron chi connectivity index (χ4n) is 7.28. The van der Waals surface area contributed by atoms with Crippen molar-refractivity contribution < 1.29 is 9.90 Å². The molecule has 1 N–H and O–H groups in total. The summed E-state index contributed by atoms with van der Waals surface area (Å²) in [7, 11) is 0. The van der Waals surface area contributed by atoms with Gasteiger partial charge in [0.05, 0.1) is 0 Å². The van der Waals surface area contributed by atoms with Crippen LogP contribution in [0.25, 0.3) is 0 Å². The number of ketones is 1. The fraction of sp³-hybridized carbons (Fsp3) is 0.667. The quantitative estimate of drug-likeness (QED) is 0.542. The number of allylic oxidation sites excluding steroid dienone is 7. The van der Waals surface area contributed by atoms with Crippen LogP contribution in [-0.2, 0) is 4.79 Å². The average Bonchev–Trinajstić information content (AvgIpc) is 2.63. The summed E-state index contributed by atoms with van der Waals surface area (Å²) in [5, 5.41) is 10.2. The summed E-state index contributed by atoms with van der Waals surface area (Å²) < 4.78 is 0. The molecule has 158 valence electrons. The van der Waals surface area contributed by atoms with Crippen LogP contribution in [0.4, 0.5) is 0 Å². The number of carbonyl (C=O) groups is 1. The van der Waals surface area contributed by atoms with Crippen LogP contribution in [0.2, 0.25) is 0 Å². The molecule has 4 aliphatic carbocycles. The van der Waals surface area contributed by atoms with Crippen LogP contribution in [0.1, 0.15) is 80.6 Å². The Kier molecular flexibility index (Phi) is 4.61. The summed E-state index contributed by atoms with van der Waals surface area (Å²) in [6, 6.07) is 0. The molecule has 0 heterocycles. The second-order valence-corrected chi connectivity index (χ2v) is 11.7. The molecule has 0 aliphatic heterocycles. The fourth-order valence-corrected chi connectivity index (χ4v) is 7.28. The molecular weight excluding hydrogens is 356 g/mol. The number of hydrogen-bond acceptors (Lipinski definition) is 2. The van der Waals surface area contributed by atoms with E-state index in [2.05, 4.69) is 53.7 Å². The highest BCUT2D eigenvalue weighted by Gasteiger charge is 2.58. The zero-order chi connectivity index (χ0) is 21.4. The Labute approximate surface area is 176 Å².